The Hall–Kier alpha value is -1.69. The molecule has 1 aliphatic rings. The lowest BCUT2D eigenvalue weighted by Gasteiger charge is -2.31. The summed E-state index contributed by atoms with van der Waals surface area (Å²) in [4.78, 5) is 27.4. The van der Waals surface area contributed by atoms with E-state index in [1.165, 1.54) is 0 Å². The second kappa shape index (κ2) is 10.3. The number of hydrogen-bond donors (Lipinski definition) is 1. The summed E-state index contributed by atoms with van der Waals surface area (Å²) in [6, 6.07) is 7.87. The highest BCUT2D eigenvalue weighted by Crippen LogP contribution is 2.23. The first-order valence-corrected chi connectivity index (χ1v) is 9.95. The summed E-state index contributed by atoms with van der Waals surface area (Å²) in [7, 11) is 1.65. The SMILES string of the molecule is CCCNC(=O)C1CCN(C(=O)CCSc2ccc(OC)cc2)CC1. The van der Waals surface area contributed by atoms with Gasteiger partial charge in [-0.3, -0.25) is 9.59 Å². The van der Waals surface area contributed by atoms with E-state index < -0.39 is 0 Å². The van der Waals surface area contributed by atoms with Crippen molar-refractivity contribution in [2.75, 3.05) is 32.5 Å². The van der Waals surface area contributed by atoms with Crippen molar-refractivity contribution in [2.24, 2.45) is 5.92 Å². The quantitative estimate of drug-likeness (QED) is 0.721. The van der Waals surface area contributed by atoms with Crippen molar-refractivity contribution in [3.63, 3.8) is 0 Å². The van der Waals surface area contributed by atoms with Crippen LogP contribution in [0.2, 0.25) is 0 Å². The molecular formula is C19H28N2O3S. The van der Waals surface area contributed by atoms with Gasteiger partial charge < -0.3 is 15.0 Å². The highest BCUT2D eigenvalue weighted by Gasteiger charge is 2.26. The van der Waals surface area contributed by atoms with E-state index in [1.807, 2.05) is 36.1 Å². The van der Waals surface area contributed by atoms with Crippen molar-refractivity contribution in [2.45, 2.75) is 37.5 Å². The fourth-order valence-corrected chi connectivity index (χ4v) is 3.71. The van der Waals surface area contributed by atoms with Crippen LogP contribution in [0.1, 0.15) is 32.6 Å². The van der Waals surface area contributed by atoms with Crippen molar-refractivity contribution in [3.05, 3.63) is 24.3 Å². The van der Waals surface area contributed by atoms with Gasteiger partial charge in [-0.25, -0.2) is 0 Å². The van der Waals surface area contributed by atoms with Crippen LogP contribution in [-0.4, -0.2) is 49.2 Å². The zero-order valence-electron chi connectivity index (χ0n) is 15.1. The number of carbonyl (C=O) groups is 2. The molecule has 5 nitrogen and oxygen atoms in total. The number of methoxy groups -OCH3 is 1. The molecule has 1 N–H and O–H groups in total. The molecule has 0 spiro atoms. The molecule has 0 unspecified atom stereocenters. The zero-order valence-corrected chi connectivity index (χ0v) is 15.9. The van der Waals surface area contributed by atoms with Gasteiger partial charge in [-0.15, -0.1) is 11.8 Å². The van der Waals surface area contributed by atoms with E-state index in [9.17, 15) is 9.59 Å². The number of carbonyl (C=O) groups excluding carboxylic acids is 2. The van der Waals surface area contributed by atoms with E-state index in [1.54, 1.807) is 18.9 Å². The van der Waals surface area contributed by atoms with Crippen LogP contribution in [0.15, 0.2) is 29.2 Å². The number of rotatable bonds is 8. The fourth-order valence-electron chi connectivity index (χ4n) is 2.87. The number of benzene rings is 1. The average Bonchev–Trinajstić information content (AvgIpc) is 2.66. The van der Waals surface area contributed by atoms with Gasteiger partial charge in [0.05, 0.1) is 7.11 Å². The van der Waals surface area contributed by atoms with Gasteiger partial charge in [0.1, 0.15) is 5.75 Å². The molecule has 1 saturated heterocycles. The molecule has 0 bridgehead atoms. The Morgan fingerprint density at radius 2 is 1.92 bits per heavy atom. The van der Waals surface area contributed by atoms with Gasteiger partial charge in [0.15, 0.2) is 0 Å². The Labute approximate surface area is 154 Å². The van der Waals surface area contributed by atoms with Crippen molar-refractivity contribution in [3.8, 4) is 5.75 Å². The second-order valence-corrected chi connectivity index (χ2v) is 7.39. The molecule has 1 heterocycles. The van der Waals surface area contributed by atoms with E-state index >= 15 is 0 Å². The monoisotopic (exact) mass is 364 g/mol. The molecular weight excluding hydrogens is 336 g/mol. The van der Waals surface area contributed by atoms with Gasteiger partial charge in [-0.2, -0.15) is 0 Å². The van der Waals surface area contributed by atoms with Gasteiger partial charge in [0.2, 0.25) is 11.8 Å². The summed E-state index contributed by atoms with van der Waals surface area (Å²) in [6.07, 6.45) is 3.03. The lowest BCUT2D eigenvalue weighted by molar-refractivity contribution is -0.135. The maximum absolute atomic E-state index is 12.3. The normalized spacial score (nSPS) is 15.0. The van der Waals surface area contributed by atoms with Crippen LogP contribution in [0, 0.1) is 5.92 Å². The van der Waals surface area contributed by atoms with Gasteiger partial charge in [0.25, 0.3) is 0 Å². The summed E-state index contributed by atoms with van der Waals surface area (Å²) in [5.74, 6) is 2.00. The standard InChI is InChI=1S/C19H28N2O3S/c1-3-11-20-19(23)15-8-12-21(13-9-15)18(22)10-14-25-17-6-4-16(24-2)5-7-17/h4-7,15H,3,8-14H2,1-2H3,(H,20,23). The highest BCUT2D eigenvalue weighted by atomic mass is 32.2. The largest absolute Gasteiger partial charge is 0.497 e. The molecule has 138 valence electrons. The summed E-state index contributed by atoms with van der Waals surface area (Å²) in [6.45, 7) is 4.17. The Balaban J connectivity index is 1.67. The number of amides is 2. The lowest BCUT2D eigenvalue weighted by atomic mass is 9.95. The van der Waals surface area contributed by atoms with Crippen molar-refractivity contribution >= 4 is 23.6 Å². The van der Waals surface area contributed by atoms with Crippen LogP contribution in [0.4, 0.5) is 0 Å². The third-order valence-electron chi connectivity index (χ3n) is 4.41. The van der Waals surface area contributed by atoms with E-state index in [2.05, 4.69) is 5.32 Å². The average molecular weight is 365 g/mol. The molecule has 1 fully saturated rings. The predicted molar refractivity (Wildman–Crippen MR) is 101 cm³/mol. The van der Waals surface area contributed by atoms with Crippen LogP contribution in [0.3, 0.4) is 0 Å². The predicted octanol–water partition coefficient (Wildman–Crippen LogP) is 2.94. The maximum atomic E-state index is 12.3. The van der Waals surface area contributed by atoms with Crippen molar-refractivity contribution < 1.29 is 14.3 Å². The van der Waals surface area contributed by atoms with Crippen LogP contribution >= 0.6 is 11.8 Å². The van der Waals surface area contributed by atoms with Crippen molar-refractivity contribution in [1.82, 2.24) is 10.2 Å². The fraction of sp³-hybridized carbons (Fsp3) is 0.579. The summed E-state index contributed by atoms with van der Waals surface area (Å²) >= 11 is 1.68. The third-order valence-corrected chi connectivity index (χ3v) is 5.43. The summed E-state index contributed by atoms with van der Waals surface area (Å²) < 4.78 is 5.14. The minimum absolute atomic E-state index is 0.0595. The molecule has 2 rings (SSSR count). The molecule has 25 heavy (non-hydrogen) atoms. The molecule has 1 aliphatic heterocycles. The molecule has 6 heteroatoms. The number of ether oxygens (including phenoxy) is 1. The minimum Gasteiger partial charge on any atom is -0.497 e. The Bertz CT molecular complexity index is 554. The van der Waals surface area contributed by atoms with Gasteiger partial charge in [0, 0.05) is 42.6 Å². The van der Waals surface area contributed by atoms with Gasteiger partial charge >= 0.3 is 0 Å². The molecule has 2 amide bonds. The molecule has 0 aromatic heterocycles. The van der Waals surface area contributed by atoms with Crippen LogP contribution in [0.25, 0.3) is 0 Å². The number of nitrogens with one attached hydrogen (secondary N) is 1. The highest BCUT2D eigenvalue weighted by molar-refractivity contribution is 7.99. The van der Waals surface area contributed by atoms with E-state index in [0.717, 1.165) is 42.2 Å². The summed E-state index contributed by atoms with van der Waals surface area (Å²) in [5, 5.41) is 2.95. The molecule has 0 radical (unpaired) electrons. The van der Waals surface area contributed by atoms with Crippen LogP contribution < -0.4 is 10.1 Å². The first kappa shape index (κ1) is 19.6. The zero-order chi connectivity index (χ0) is 18.1. The number of hydrogen-bond acceptors (Lipinski definition) is 4. The van der Waals surface area contributed by atoms with E-state index in [4.69, 9.17) is 4.74 Å². The Morgan fingerprint density at radius 3 is 2.52 bits per heavy atom. The summed E-state index contributed by atoms with van der Waals surface area (Å²) in [5.41, 5.74) is 0. The maximum Gasteiger partial charge on any atom is 0.223 e. The minimum atomic E-state index is 0.0595. The number of thioether (sulfide) groups is 1. The van der Waals surface area contributed by atoms with Crippen molar-refractivity contribution in [1.29, 1.82) is 0 Å². The molecule has 0 atom stereocenters. The first-order chi connectivity index (χ1) is 12.1. The molecule has 0 aliphatic carbocycles. The Morgan fingerprint density at radius 1 is 1.24 bits per heavy atom. The van der Waals surface area contributed by atoms with Gasteiger partial charge in [-0.1, -0.05) is 6.92 Å². The Kier molecular flexibility index (Phi) is 8.12. The van der Waals surface area contributed by atoms with Gasteiger partial charge in [-0.05, 0) is 43.5 Å². The second-order valence-electron chi connectivity index (χ2n) is 6.22. The van der Waals surface area contributed by atoms with E-state index in [-0.39, 0.29) is 17.7 Å². The van der Waals surface area contributed by atoms with E-state index in [0.29, 0.717) is 19.5 Å². The lowest BCUT2D eigenvalue weighted by Crippen LogP contribution is -2.43. The number of likely N-dealkylation sites (tertiary alicyclic amines) is 1. The first-order valence-electron chi connectivity index (χ1n) is 8.96. The number of nitrogens with zero attached hydrogens (tertiary/aromatic N) is 1. The molecule has 1 aromatic carbocycles. The molecule has 1 aromatic rings. The smallest absolute Gasteiger partial charge is 0.223 e. The van der Waals surface area contributed by atoms with Crippen LogP contribution in [-0.2, 0) is 9.59 Å². The number of piperidine rings is 1. The van der Waals surface area contributed by atoms with Crippen LogP contribution in [0.5, 0.6) is 5.75 Å². The topological polar surface area (TPSA) is 58.6 Å². The third kappa shape index (κ3) is 6.27. The molecule has 0 saturated carbocycles.